The maximum atomic E-state index is 12.0. The molecule has 5 nitrogen and oxygen atoms in total. The Morgan fingerprint density at radius 1 is 1.36 bits per heavy atom. The summed E-state index contributed by atoms with van der Waals surface area (Å²) in [5.41, 5.74) is 1.38. The van der Waals surface area contributed by atoms with Gasteiger partial charge in [-0.3, -0.25) is 9.59 Å². The van der Waals surface area contributed by atoms with E-state index in [-0.39, 0.29) is 23.3 Å². The Bertz CT molecular complexity index is 730. The molecule has 2 N–H and O–H groups in total. The number of H-pyrrole nitrogens is 1. The summed E-state index contributed by atoms with van der Waals surface area (Å²) in [7, 11) is 0. The largest absolute Gasteiger partial charge is 0.328 e. The number of hydrogen-bond donors (Lipinski definition) is 2. The van der Waals surface area contributed by atoms with E-state index in [0.717, 1.165) is 18.4 Å². The van der Waals surface area contributed by atoms with Gasteiger partial charge in [-0.05, 0) is 36.5 Å². The first-order valence-electron chi connectivity index (χ1n) is 7.89. The molecule has 5 heteroatoms. The molecule has 0 saturated heterocycles. The van der Waals surface area contributed by atoms with Crippen LogP contribution in [-0.4, -0.2) is 15.9 Å². The molecule has 1 fully saturated rings. The summed E-state index contributed by atoms with van der Waals surface area (Å²) < 4.78 is 0. The van der Waals surface area contributed by atoms with Crippen molar-refractivity contribution in [2.24, 2.45) is 5.92 Å². The van der Waals surface area contributed by atoms with E-state index in [2.05, 4.69) is 15.3 Å². The average Bonchev–Trinajstić information content (AvgIpc) is 3.33. The minimum Gasteiger partial charge on any atom is -0.328 e. The van der Waals surface area contributed by atoms with E-state index in [0.29, 0.717) is 16.7 Å². The number of nitrogens with zero attached hydrogens (tertiary/aromatic N) is 1. The SMILES string of the molecule is CC.CC(C)c1cc(NC(=O)C2CC2)nc2cc[nH]c(=O)c12. The molecule has 1 saturated carbocycles. The monoisotopic (exact) mass is 301 g/mol. The van der Waals surface area contributed by atoms with E-state index >= 15 is 0 Å². The van der Waals surface area contributed by atoms with Crippen molar-refractivity contribution in [2.75, 3.05) is 5.32 Å². The second-order valence-corrected chi connectivity index (χ2v) is 5.58. The minimum atomic E-state index is -0.140. The number of aromatic amines is 1. The predicted octanol–water partition coefficient (Wildman–Crippen LogP) is 3.42. The van der Waals surface area contributed by atoms with Crippen molar-refractivity contribution in [3.05, 3.63) is 34.2 Å². The summed E-state index contributed by atoms with van der Waals surface area (Å²) in [6.45, 7) is 8.04. The zero-order valence-corrected chi connectivity index (χ0v) is 13.6. The first-order valence-corrected chi connectivity index (χ1v) is 7.89. The molecule has 0 radical (unpaired) electrons. The Hall–Kier alpha value is -2.17. The fourth-order valence-electron chi connectivity index (χ4n) is 2.31. The number of amides is 1. The number of pyridine rings is 2. The summed E-state index contributed by atoms with van der Waals surface area (Å²) >= 11 is 0. The molecule has 0 aliphatic heterocycles. The average molecular weight is 301 g/mol. The zero-order valence-electron chi connectivity index (χ0n) is 13.6. The maximum Gasteiger partial charge on any atom is 0.257 e. The second-order valence-electron chi connectivity index (χ2n) is 5.58. The molecular weight excluding hydrogens is 278 g/mol. The van der Waals surface area contributed by atoms with Crippen molar-refractivity contribution in [1.82, 2.24) is 9.97 Å². The first kappa shape index (κ1) is 16.2. The topological polar surface area (TPSA) is 74.8 Å². The van der Waals surface area contributed by atoms with Crippen LogP contribution >= 0.6 is 0 Å². The Balaban J connectivity index is 0.000000847. The molecule has 2 aromatic rings. The number of aromatic nitrogens is 2. The second kappa shape index (κ2) is 6.73. The van der Waals surface area contributed by atoms with Gasteiger partial charge >= 0.3 is 0 Å². The van der Waals surface area contributed by atoms with Gasteiger partial charge in [0.2, 0.25) is 5.91 Å². The van der Waals surface area contributed by atoms with E-state index in [1.807, 2.05) is 33.8 Å². The van der Waals surface area contributed by atoms with Crippen molar-refractivity contribution < 1.29 is 4.79 Å². The standard InChI is InChI=1S/C15H17N3O2.C2H6/c1-8(2)10-7-12(18-14(19)9-3-4-9)17-11-5-6-16-15(20)13(10)11;1-2/h5-9H,3-4H2,1-2H3,(H,16,20)(H,17,18,19);1-2H3. The predicted molar refractivity (Wildman–Crippen MR) is 89.2 cm³/mol. The van der Waals surface area contributed by atoms with Crippen LogP contribution in [0.3, 0.4) is 0 Å². The number of fused-ring (bicyclic) bond motifs is 1. The Morgan fingerprint density at radius 3 is 2.64 bits per heavy atom. The maximum absolute atomic E-state index is 12.0. The summed E-state index contributed by atoms with van der Waals surface area (Å²) in [6, 6.07) is 3.57. The highest BCUT2D eigenvalue weighted by Crippen LogP contribution is 2.31. The smallest absolute Gasteiger partial charge is 0.257 e. The van der Waals surface area contributed by atoms with Crippen molar-refractivity contribution in [3.8, 4) is 0 Å². The van der Waals surface area contributed by atoms with Crippen LogP contribution in [0.25, 0.3) is 10.9 Å². The van der Waals surface area contributed by atoms with Gasteiger partial charge < -0.3 is 10.3 Å². The Morgan fingerprint density at radius 2 is 2.05 bits per heavy atom. The third kappa shape index (κ3) is 3.35. The van der Waals surface area contributed by atoms with Gasteiger partial charge in [0, 0.05) is 12.1 Å². The lowest BCUT2D eigenvalue weighted by atomic mass is 10.00. The quantitative estimate of drug-likeness (QED) is 0.912. The summed E-state index contributed by atoms with van der Waals surface area (Å²) in [5, 5.41) is 3.45. The van der Waals surface area contributed by atoms with Gasteiger partial charge in [-0.15, -0.1) is 0 Å². The van der Waals surface area contributed by atoms with Crippen LogP contribution in [0, 0.1) is 5.92 Å². The molecule has 0 unspecified atom stereocenters. The molecule has 118 valence electrons. The van der Waals surface area contributed by atoms with Crippen molar-refractivity contribution in [1.29, 1.82) is 0 Å². The molecule has 2 aromatic heterocycles. The number of anilines is 1. The molecule has 0 atom stereocenters. The molecule has 0 bridgehead atoms. The normalized spacial score (nSPS) is 13.7. The van der Waals surface area contributed by atoms with E-state index < -0.39 is 0 Å². The molecule has 0 spiro atoms. The minimum absolute atomic E-state index is 0.0244. The van der Waals surface area contributed by atoms with Gasteiger partial charge in [0.1, 0.15) is 5.82 Å². The van der Waals surface area contributed by atoms with Crippen LogP contribution in [0.2, 0.25) is 0 Å². The van der Waals surface area contributed by atoms with Crippen LogP contribution < -0.4 is 10.9 Å². The Kier molecular flexibility index (Phi) is 4.96. The molecular formula is C17H23N3O2. The van der Waals surface area contributed by atoms with Crippen molar-refractivity contribution in [2.45, 2.75) is 46.5 Å². The van der Waals surface area contributed by atoms with E-state index in [4.69, 9.17) is 0 Å². The molecule has 22 heavy (non-hydrogen) atoms. The van der Waals surface area contributed by atoms with Crippen LogP contribution in [-0.2, 0) is 4.79 Å². The molecule has 1 amide bonds. The molecule has 1 aliphatic carbocycles. The van der Waals surface area contributed by atoms with Crippen LogP contribution in [0.1, 0.15) is 52.0 Å². The summed E-state index contributed by atoms with van der Waals surface area (Å²) in [4.78, 5) is 30.9. The van der Waals surface area contributed by atoms with Gasteiger partial charge in [0.05, 0.1) is 10.9 Å². The number of rotatable bonds is 3. The van der Waals surface area contributed by atoms with Crippen LogP contribution in [0.15, 0.2) is 23.1 Å². The van der Waals surface area contributed by atoms with Crippen LogP contribution in [0.4, 0.5) is 5.82 Å². The van der Waals surface area contributed by atoms with Crippen LogP contribution in [0.5, 0.6) is 0 Å². The van der Waals surface area contributed by atoms with Gasteiger partial charge in [-0.1, -0.05) is 27.7 Å². The fourth-order valence-corrected chi connectivity index (χ4v) is 2.31. The van der Waals surface area contributed by atoms with E-state index in [1.165, 1.54) is 0 Å². The van der Waals surface area contributed by atoms with Crippen molar-refractivity contribution >= 4 is 22.6 Å². The van der Waals surface area contributed by atoms with Gasteiger partial charge in [-0.2, -0.15) is 0 Å². The summed E-state index contributed by atoms with van der Waals surface area (Å²) in [5.74, 6) is 0.870. The van der Waals surface area contributed by atoms with Gasteiger partial charge in [-0.25, -0.2) is 4.98 Å². The lowest BCUT2D eigenvalue weighted by Gasteiger charge is -2.12. The lowest BCUT2D eigenvalue weighted by molar-refractivity contribution is -0.117. The molecule has 3 rings (SSSR count). The number of nitrogens with one attached hydrogen (secondary N) is 2. The third-order valence-corrected chi connectivity index (χ3v) is 3.58. The molecule has 1 aliphatic rings. The Labute approximate surface area is 130 Å². The lowest BCUT2D eigenvalue weighted by Crippen LogP contribution is -2.16. The van der Waals surface area contributed by atoms with Gasteiger partial charge in [0.25, 0.3) is 5.56 Å². The highest BCUT2D eigenvalue weighted by molar-refractivity contribution is 5.95. The number of carbonyl (C=O) groups excluding carboxylic acids is 1. The number of hydrogen-bond acceptors (Lipinski definition) is 3. The van der Waals surface area contributed by atoms with Gasteiger partial charge in [0.15, 0.2) is 0 Å². The van der Waals surface area contributed by atoms with Crippen molar-refractivity contribution in [3.63, 3.8) is 0 Å². The summed E-state index contributed by atoms with van der Waals surface area (Å²) in [6.07, 6.45) is 3.49. The first-order chi connectivity index (χ1) is 10.6. The fraction of sp³-hybridized carbons (Fsp3) is 0.471. The highest BCUT2D eigenvalue weighted by atomic mass is 16.2. The third-order valence-electron chi connectivity index (χ3n) is 3.58. The van der Waals surface area contributed by atoms with E-state index in [9.17, 15) is 9.59 Å². The number of carbonyl (C=O) groups is 1. The molecule has 2 heterocycles. The zero-order chi connectivity index (χ0) is 16.3. The molecule has 0 aromatic carbocycles. The highest BCUT2D eigenvalue weighted by Gasteiger charge is 2.30. The van der Waals surface area contributed by atoms with E-state index in [1.54, 1.807) is 12.3 Å².